The van der Waals surface area contributed by atoms with Gasteiger partial charge in [-0.25, -0.2) is 0 Å². The van der Waals surface area contributed by atoms with Crippen molar-refractivity contribution in [3.8, 4) is 0 Å². The van der Waals surface area contributed by atoms with Crippen LogP contribution in [0.25, 0.3) is 0 Å². The number of anilines is 1. The summed E-state index contributed by atoms with van der Waals surface area (Å²) in [7, 11) is 0. The summed E-state index contributed by atoms with van der Waals surface area (Å²) >= 11 is 0. The molecule has 0 fully saturated rings. The number of aromatic nitrogens is 1. The van der Waals surface area contributed by atoms with Gasteiger partial charge in [0.05, 0.1) is 17.3 Å². The molecule has 1 aromatic carbocycles. The molecule has 23 heavy (non-hydrogen) atoms. The van der Waals surface area contributed by atoms with Crippen LogP contribution in [-0.4, -0.2) is 4.98 Å². The van der Waals surface area contributed by atoms with E-state index < -0.39 is 11.7 Å². The van der Waals surface area contributed by atoms with Crippen LogP contribution in [0.1, 0.15) is 35.2 Å². The van der Waals surface area contributed by atoms with Crippen molar-refractivity contribution in [3.63, 3.8) is 0 Å². The van der Waals surface area contributed by atoms with Gasteiger partial charge in [0.25, 0.3) is 0 Å². The van der Waals surface area contributed by atoms with E-state index >= 15 is 0 Å². The lowest BCUT2D eigenvalue weighted by Gasteiger charge is -2.37. The fourth-order valence-electron chi connectivity index (χ4n) is 3.62. The molecule has 5 heteroatoms. The van der Waals surface area contributed by atoms with E-state index in [9.17, 15) is 13.2 Å². The van der Waals surface area contributed by atoms with Gasteiger partial charge < -0.3 is 5.32 Å². The Morgan fingerprint density at radius 3 is 2.74 bits per heavy atom. The lowest BCUT2D eigenvalue weighted by molar-refractivity contribution is -0.137. The second kappa shape index (κ2) is 5.11. The molecule has 3 atom stereocenters. The van der Waals surface area contributed by atoms with Gasteiger partial charge in [-0.15, -0.1) is 0 Å². The second-order valence-electron chi connectivity index (χ2n) is 6.03. The average Bonchev–Trinajstić information content (AvgIpc) is 3.03. The summed E-state index contributed by atoms with van der Waals surface area (Å²) in [6.45, 7) is 0. The first-order valence-electron chi connectivity index (χ1n) is 7.59. The predicted molar refractivity (Wildman–Crippen MR) is 82.0 cm³/mol. The zero-order chi connectivity index (χ0) is 16.0. The van der Waals surface area contributed by atoms with E-state index in [1.807, 2.05) is 24.3 Å². The average molecular weight is 316 g/mol. The summed E-state index contributed by atoms with van der Waals surface area (Å²) < 4.78 is 39.0. The summed E-state index contributed by atoms with van der Waals surface area (Å²) in [5.41, 5.74) is 1.83. The first kappa shape index (κ1) is 14.3. The van der Waals surface area contributed by atoms with E-state index in [2.05, 4.69) is 16.4 Å². The Morgan fingerprint density at radius 1 is 1.13 bits per heavy atom. The standard InChI is InChI=1S/C18H15F3N2/c19-18(20,21)11-7-8-15-14(10-11)12-4-3-5-13(12)17(23-15)16-6-1-2-9-22-16/h1-4,6-10,12-13,17,23H,5H2/t12-,13-,17-/m0/s1. The number of hydrogen-bond acceptors (Lipinski definition) is 2. The summed E-state index contributed by atoms with van der Waals surface area (Å²) in [4.78, 5) is 4.42. The number of pyridine rings is 1. The van der Waals surface area contributed by atoms with Gasteiger partial charge in [0, 0.05) is 17.8 Å². The molecule has 1 aromatic heterocycles. The molecule has 0 saturated heterocycles. The predicted octanol–water partition coefficient (Wildman–Crippen LogP) is 4.93. The van der Waals surface area contributed by atoms with Gasteiger partial charge in [-0.05, 0) is 48.2 Å². The largest absolute Gasteiger partial charge is 0.416 e. The van der Waals surface area contributed by atoms with Crippen LogP contribution in [-0.2, 0) is 6.18 Å². The Labute approximate surface area is 132 Å². The van der Waals surface area contributed by atoms with Crippen LogP contribution < -0.4 is 5.32 Å². The molecule has 0 unspecified atom stereocenters. The van der Waals surface area contributed by atoms with Crippen LogP contribution in [0.15, 0.2) is 54.7 Å². The topological polar surface area (TPSA) is 24.9 Å². The van der Waals surface area contributed by atoms with Crippen LogP contribution in [0.3, 0.4) is 0 Å². The summed E-state index contributed by atoms with van der Waals surface area (Å²) in [6, 6.07) is 9.73. The van der Waals surface area contributed by atoms with Crippen LogP contribution in [0, 0.1) is 5.92 Å². The van der Waals surface area contributed by atoms with Crippen molar-refractivity contribution in [2.75, 3.05) is 5.32 Å². The Bertz CT molecular complexity index is 753. The normalized spacial score (nSPS) is 25.6. The minimum Gasteiger partial charge on any atom is -0.376 e. The van der Waals surface area contributed by atoms with Gasteiger partial charge in [0.15, 0.2) is 0 Å². The van der Waals surface area contributed by atoms with Crippen LogP contribution in [0.5, 0.6) is 0 Å². The van der Waals surface area contributed by atoms with Crippen molar-refractivity contribution in [3.05, 3.63) is 71.6 Å². The maximum atomic E-state index is 13.0. The van der Waals surface area contributed by atoms with Crippen molar-refractivity contribution in [2.24, 2.45) is 5.92 Å². The number of nitrogens with one attached hydrogen (secondary N) is 1. The molecular formula is C18H15F3N2. The first-order chi connectivity index (χ1) is 11.0. The number of nitrogens with zero attached hydrogens (tertiary/aromatic N) is 1. The fourth-order valence-corrected chi connectivity index (χ4v) is 3.62. The molecule has 0 bridgehead atoms. The van der Waals surface area contributed by atoms with Crippen LogP contribution >= 0.6 is 0 Å². The maximum absolute atomic E-state index is 13.0. The highest BCUT2D eigenvalue weighted by molar-refractivity contribution is 5.60. The molecule has 1 N–H and O–H groups in total. The Balaban J connectivity index is 1.78. The second-order valence-corrected chi connectivity index (χ2v) is 6.03. The lowest BCUT2D eigenvalue weighted by Crippen LogP contribution is -2.30. The van der Waals surface area contributed by atoms with E-state index in [4.69, 9.17) is 0 Å². The van der Waals surface area contributed by atoms with Crippen molar-refractivity contribution in [1.82, 2.24) is 4.98 Å². The highest BCUT2D eigenvalue weighted by Gasteiger charge is 2.40. The van der Waals surface area contributed by atoms with Crippen molar-refractivity contribution in [1.29, 1.82) is 0 Å². The third kappa shape index (κ3) is 2.40. The smallest absolute Gasteiger partial charge is 0.376 e. The van der Waals surface area contributed by atoms with E-state index in [1.165, 1.54) is 12.1 Å². The molecule has 2 nitrogen and oxygen atoms in total. The molecule has 4 rings (SSSR count). The number of hydrogen-bond donors (Lipinski definition) is 1. The van der Waals surface area contributed by atoms with Crippen LogP contribution in [0.2, 0.25) is 0 Å². The Morgan fingerprint density at radius 2 is 2.00 bits per heavy atom. The minimum absolute atomic E-state index is 0.000515. The number of allylic oxidation sites excluding steroid dienone is 2. The van der Waals surface area contributed by atoms with E-state index in [0.29, 0.717) is 0 Å². The van der Waals surface area contributed by atoms with Crippen molar-refractivity contribution >= 4 is 5.69 Å². The zero-order valence-electron chi connectivity index (χ0n) is 12.2. The number of rotatable bonds is 1. The van der Waals surface area contributed by atoms with Crippen LogP contribution in [0.4, 0.5) is 18.9 Å². The molecule has 2 heterocycles. The van der Waals surface area contributed by atoms with E-state index in [1.54, 1.807) is 6.20 Å². The molecule has 2 aliphatic rings. The number of alkyl halides is 3. The molecule has 1 aliphatic heterocycles. The molecule has 1 aliphatic carbocycles. The molecule has 0 saturated carbocycles. The lowest BCUT2D eigenvalue weighted by atomic mass is 9.77. The summed E-state index contributed by atoms with van der Waals surface area (Å²) in [5, 5.41) is 3.39. The Kier molecular flexibility index (Phi) is 3.18. The summed E-state index contributed by atoms with van der Waals surface area (Å²) in [6.07, 6.45) is 2.36. The van der Waals surface area contributed by atoms with Gasteiger partial charge in [-0.3, -0.25) is 4.98 Å². The van der Waals surface area contributed by atoms with Crippen molar-refractivity contribution in [2.45, 2.75) is 24.6 Å². The molecule has 0 spiro atoms. The van der Waals surface area contributed by atoms with Crippen molar-refractivity contribution < 1.29 is 13.2 Å². The monoisotopic (exact) mass is 316 g/mol. The summed E-state index contributed by atoms with van der Waals surface area (Å²) in [5.74, 6) is 0.196. The molecule has 0 radical (unpaired) electrons. The highest BCUT2D eigenvalue weighted by Crippen LogP contribution is 2.50. The van der Waals surface area contributed by atoms with Gasteiger partial charge in [0.2, 0.25) is 0 Å². The number of fused-ring (bicyclic) bond motifs is 3. The molecule has 2 aromatic rings. The van der Waals surface area contributed by atoms with Gasteiger partial charge in [0.1, 0.15) is 0 Å². The van der Waals surface area contributed by atoms with Gasteiger partial charge in [-0.1, -0.05) is 18.2 Å². The third-order valence-corrected chi connectivity index (χ3v) is 4.70. The zero-order valence-corrected chi connectivity index (χ0v) is 12.2. The maximum Gasteiger partial charge on any atom is 0.416 e. The van der Waals surface area contributed by atoms with Gasteiger partial charge >= 0.3 is 6.18 Å². The third-order valence-electron chi connectivity index (χ3n) is 4.70. The van der Waals surface area contributed by atoms with E-state index in [0.717, 1.165) is 29.4 Å². The quantitative estimate of drug-likeness (QED) is 0.755. The minimum atomic E-state index is -4.31. The Hall–Kier alpha value is -2.30. The molecule has 0 amide bonds. The number of benzene rings is 1. The molecule has 118 valence electrons. The highest BCUT2D eigenvalue weighted by atomic mass is 19.4. The fraction of sp³-hybridized carbons (Fsp3) is 0.278. The van der Waals surface area contributed by atoms with Gasteiger partial charge in [-0.2, -0.15) is 13.2 Å². The molecular weight excluding hydrogens is 301 g/mol. The SMILES string of the molecule is FC(F)(F)c1ccc2c(c1)[C@H]1C=CC[C@@H]1[C@@H](c1ccccn1)N2. The van der Waals surface area contributed by atoms with E-state index in [-0.39, 0.29) is 17.9 Å². The first-order valence-corrected chi connectivity index (χ1v) is 7.59. The number of halogens is 3.